The maximum Gasteiger partial charge on any atom is 0.573 e. The number of rotatable bonds is 4. The average Bonchev–Trinajstić information content (AvgIpc) is 2.27. The van der Waals surface area contributed by atoms with Crippen molar-refractivity contribution in [3.05, 3.63) is 29.8 Å². The first-order chi connectivity index (χ1) is 8.86. The standard InChI is InChI=1S/C13H16F3NO2/c14-13(15,16)19-10-4-2-9(3-5-10)11(18)12(8-17)6-1-7-12/h2-5,11,18H,1,6-8,17H2. The van der Waals surface area contributed by atoms with Crippen LogP contribution in [0.25, 0.3) is 0 Å². The van der Waals surface area contributed by atoms with E-state index in [4.69, 9.17) is 5.73 Å². The van der Waals surface area contributed by atoms with E-state index in [1.807, 2.05) is 0 Å². The van der Waals surface area contributed by atoms with E-state index in [0.717, 1.165) is 19.3 Å². The van der Waals surface area contributed by atoms with Gasteiger partial charge in [0.2, 0.25) is 0 Å². The molecule has 3 nitrogen and oxygen atoms in total. The summed E-state index contributed by atoms with van der Waals surface area (Å²) in [6.45, 7) is 0.370. The molecule has 106 valence electrons. The Kier molecular flexibility index (Phi) is 3.73. The highest BCUT2D eigenvalue weighted by molar-refractivity contribution is 5.30. The number of alkyl halides is 3. The van der Waals surface area contributed by atoms with Crippen LogP contribution in [0.5, 0.6) is 5.75 Å². The summed E-state index contributed by atoms with van der Waals surface area (Å²) in [5.41, 5.74) is 5.93. The van der Waals surface area contributed by atoms with Gasteiger partial charge < -0.3 is 15.6 Å². The van der Waals surface area contributed by atoms with Crippen LogP contribution in [0.2, 0.25) is 0 Å². The van der Waals surface area contributed by atoms with Crippen molar-refractivity contribution in [1.82, 2.24) is 0 Å². The van der Waals surface area contributed by atoms with Gasteiger partial charge in [0.05, 0.1) is 6.10 Å². The van der Waals surface area contributed by atoms with E-state index in [1.165, 1.54) is 24.3 Å². The number of aliphatic hydroxyl groups is 1. The third-order valence-corrected chi connectivity index (χ3v) is 3.77. The van der Waals surface area contributed by atoms with Gasteiger partial charge in [-0.15, -0.1) is 13.2 Å². The molecule has 1 aliphatic carbocycles. The highest BCUT2D eigenvalue weighted by Crippen LogP contribution is 2.49. The van der Waals surface area contributed by atoms with Crippen molar-refractivity contribution >= 4 is 0 Å². The van der Waals surface area contributed by atoms with Crippen LogP contribution in [0.1, 0.15) is 30.9 Å². The van der Waals surface area contributed by atoms with Gasteiger partial charge in [-0.3, -0.25) is 0 Å². The van der Waals surface area contributed by atoms with Crippen molar-refractivity contribution in [2.75, 3.05) is 6.54 Å². The number of halogens is 3. The molecule has 1 aromatic rings. The van der Waals surface area contributed by atoms with Crippen molar-refractivity contribution in [3.63, 3.8) is 0 Å². The van der Waals surface area contributed by atoms with Crippen LogP contribution >= 0.6 is 0 Å². The van der Waals surface area contributed by atoms with Crippen molar-refractivity contribution in [2.24, 2.45) is 11.1 Å². The van der Waals surface area contributed by atoms with Crippen molar-refractivity contribution in [2.45, 2.75) is 31.7 Å². The van der Waals surface area contributed by atoms with Crippen LogP contribution in [0.4, 0.5) is 13.2 Å². The van der Waals surface area contributed by atoms with Crippen LogP contribution in [0, 0.1) is 5.41 Å². The molecule has 0 saturated heterocycles. The Bertz CT molecular complexity index is 421. The number of hydrogen-bond acceptors (Lipinski definition) is 3. The molecule has 1 saturated carbocycles. The first-order valence-electron chi connectivity index (χ1n) is 6.10. The molecule has 0 bridgehead atoms. The molecule has 0 amide bonds. The van der Waals surface area contributed by atoms with E-state index in [9.17, 15) is 18.3 Å². The molecule has 0 aliphatic heterocycles. The monoisotopic (exact) mass is 275 g/mol. The highest BCUT2D eigenvalue weighted by atomic mass is 19.4. The number of hydrogen-bond donors (Lipinski definition) is 2. The summed E-state index contributed by atoms with van der Waals surface area (Å²) in [4.78, 5) is 0. The topological polar surface area (TPSA) is 55.5 Å². The lowest BCUT2D eigenvalue weighted by molar-refractivity contribution is -0.274. The molecule has 0 heterocycles. The second-order valence-corrected chi connectivity index (χ2v) is 4.94. The Morgan fingerprint density at radius 3 is 2.21 bits per heavy atom. The average molecular weight is 275 g/mol. The molecule has 1 aliphatic rings. The number of nitrogens with two attached hydrogens (primary N) is 1. The number of ether oxygens (including phenoxy) is 1. The summed E-state index contributed by atoms with van der Waals surface area (Å²) in [7, 11) is 0. The predicted molar refractivity (Wildman–Crippen MR) is 63.4 cm³/mol. The van der Waals surface area contributed by atoms with Gasteiger partial charge in [-0.25, -0.2) is 0 Å². The molecule has 0 radical (unpaired) electrons. The third kappa shape index (κ3) is 3.01. The maximum absolute atomic E-state index is 12.0. The minimum atomic E-state index is -4.70. The van der Waals surface area contributed by atoms with Crippen LogP contribution in [-0.4, -0.2) is 18.0 Å². The molecule has 0 spiro atoms. The second-order valence-electron chi connectivity index (χ2n) is 4.94. The minimum Gasteiger partial charge on any atom is -0.406 e. The summed E-state index contributed by atoms with van der Waals surface area (Å²) in [6, 6.07) is 5.30. The molecule has 19 heavy (non-hydrogen) atoms. The van der Waals surface area contributed by atoms with E-state index >= 15 is 0 Å². The SMILES string of the molecule is NCC1(C(O)c2ccc(OC(F)(F)F)cc2)CCC1. The number of benzene rings is 1. The molecule has 3 N–H and O–H groups in total. The van der Waals surface area contributed by atoms with Crippen LogP contribution < -0.4 is 10.5 Å². The van der Waals surface area contributed by atoms with Gasteiger partial charge in [-0.1, -0.05) is 18.6 Å². The predicted octanol–water partition coefficient (Wildman–Crippen LogP) is 2.75. The second kappa shape index (κ2) is 5.02. The Hall–Kier alpha value is -1.27. The van der Waals surface area contributed by atoms with E-state index in [-0.39, 0.29) is 11.2 Å². The zero-order valence-corrected chi connectivity index (χ0v) is 10.3. The fourth-order valence-corrected chi connectivity index (χ4v) is 2.43. The Morgan fingerprint density at radius 2 is 1.84 bits per heavy atom. The van der Waals surface area contributed by atoms with Gasteiger partial charge in [-0.05, 0) is 30.5 Å². The first-order valence-corrected chi connectivity index (χ1v) is 6.10. The van der Waals surface area contributed by atoms with Crippen molar-refractivity contribution < 1.29 is 23.0 Å². The normalized spacial score (nSPS) is 19.6. The van der Waals surface area contributed by atoms with E-state index in [2.05, 4.69) is 4.74 Å². The van der Waals surface area contributed by atoms with Crippen LogP contribution in [0.15, 0.2) is 24.3 Å². The maximum atomic E-state index is 12.0. The van der Waals surface area contributed by atoms with Gasteiger partial charge in [0.15, 0.2) is 0 Å². The minimum absolute atomic E-state index is 0.293. The quantitative estimate of drug-likeness (QED) is 0.888. The third-order valence-electron chi connectivity index (χ3n) is 3.77. The molecule has 0 aromatic heterocycles. The van der Waals surface area contributed by atoms with Crippen LogP contribution in [-0.2, 0) is 0 Å². The molecular formula is C13H16F3NO2. The van der Waals surface area contributed by atoms with Gasteiger partial charge in [0.25, 0.3) is 0 Å². The molecule has 1 fully saturated rings. The highest BCUT2D eigenvalue weighted by Gasteiger charge is 2.42. The van der Waals surface area contributed by atoms with Crippen molar-refractivity contribution in [1.29, 1.82) is 0 Å². The summed E-state index contributed by atoms with van der Waals surface area (Å²) in [6.07, 6.45) is -2.75. The van der Waals surface area contributed by atoms with Gasteiger partial charge in [0, 0.05) is 12.0 Å². The first kappa shape index (κ1) is 14.1. The molecule has 1 aromatic carbocycles. The van der Waals surface area contributed by atoms with E-state index in [0.29, 0.717) is 12.1 Å². The summed E-state index contributed by atoms with van der Waals surface area (Å²) >= 11 is 0. The van der Waals surface area contributed by atoms with Gasteiger partial charge in [0.1, 0.15) is 5.75 Å². The zero-order chi connectivity index (χ0) is 14.1. The fraction of sp³-hybridized carbons (Fsp3) is 0.538. The van der Waals surface area contributed by atoms with E-state index in [1.54, 1.807) is 0 Å². The van der Waals surface area contributed by atoms with Crippen molar-refractivity contribution in [3.8, 4) is 5.75 Å². The summed E-state index contributed by atoms with van der Waals surface area (Å²) in [5, 5.41) is 10.3. The van der Waals surface area contributed by atoms with Gasteiger partial charge in [-0.2, -0.15) is 0 Å². The molecule has 2 rings (SSSR count). The number of aliphatic hydroxyl groups excluding tert-OH is 1. The lowest BCUT2D eigenvalue weighted by Crippen LogP contribution is -2.42. The lowest BCUT2D eigenvalue weighted by Gasteiger charge is -2.44. The Labute approximate surface area is 109 Å². The molecule has 1 atom stereocenters. The van der Waals surface area contributed by atoms with Crippen LogP contribution in [0.3, 0.4) is 0 Å². The molecular weight excluding hydrogens is 259 g/mol. The summed E-state index contributed by atoms with van der Waals surface area (Å²) in [5.74, 6) is -0.293. The molecule has 6 heteroatoms. The van der Waals surface area contributed by atoms with E-state index < -0.39 is 12.5 Å². The van der Waals surface area contributed by atoms with Gasteiger partial charge >= 0.3 is 6.36 Å². The smallest absolute Gasteiger partial charge is 0.406 e. The lowest BCUT2D eigenvalue weighted by atomic mass is 9.63. The largest absolute Gasteiger partial charge is 0.573 e. The Balaban J connectivity index is 2.10. The molecule has 1 unspecified atom stereocenters. The Morgan fingerprint density at radius 1 is 1.26 bits per heavy atom. The fourth-order valence-electron chi connectivity index (χ4n) is 2.43. The summed E-state index contributed by atoms with van der Waals surface area (Å²) < 4.78 is 39.8. The zero-order valence-electron chi connectivity index (χ0n) is 10.3.